The first-order valence-corrected chi connectivity index (χ1v) is 2.22. The van der Waals surface area contributed by atoms with Crippen molar-refractivity contribution in [1.29, 1.82) is 0 Å². The summed E-state index contributed by atoms with van der Waals surface area (Å²) in [4.78, 5) is 0. The molecule has 0 unspecified atom stereocenters. The second-order valence-corrected chi connectivity index (χ2v) is 1.65. The van der Waals surface area contributed by atoms with Gasteiger partial charge < -0.3 is 0 Å². The van der Waals surface area contributed by atoms with Gasteiger partial charge in [-0.05, 0) is 13.3 Å². The third-order valence-electron chi connectivity index (χ3n) is 0.957. The standard InChI is InChI=1S/C6H8.Be.2H/c1-6-4-2-3-5-6;;;/h2-4H,5H2,1H3;;;. The molecule has 0 atom stereocenters. The van der Waals surface area contributed by atoms with Gasteiger partial charge in [-0.2, -0.15) is 0 Å². The molecule has 0 aromatic carbocycles. The fourth-order valence-corrected chi connectivity index (χ4v) is 0.554. The van der Waals surface area contributed by atoms with Gasteiger partial charge in [-0.3, -0.25) is 0 Å². The minimum atomic E-state index is 0. The van der Waals surface area contributed by atoms with E-state index >= 15 is 0 Å². The molecule has 36 valence electrons. The topological polar surface area (TPSA) is 0 Å². The van der Waals surface area contributed by atoms with Gasteiger partial charge in [-0.15, -0.1) is 0 Å². The Balaban J connectivity index is 0.000000360. The van der Waals surface area contributed by atoms with Gasteiger partial charge in [0.1, 0.15) is 0 Å². The Labute approximate surface area is 48.1 Å². The second kappa shape index (κ2) is 2.76. The van der Waals surface area contributed by atoms with Crippen LogP contribution in [-0.4, -0.2) is 10.1 Å². The molecule has 0 amide bonds. The van der Waals surface area contributed by atoms with Gasteiger partial charge in [0.05, 0.1) is 0 Å². The van der Waals surface area contributed by atoms with Crippen molar-refractivity contribution in [2.45, 2.75) is 13.3 Å². The Hall–Kier alpha value is -0.351. The molecule has 0 fully saturated rings. The van der Waals surface area contributed by atoms with Gasteiger partial charge in [-0.25, -0.2) is 0 Å². The van der Waals surface area contributed by atoms with Crippen molar-refractivity contribution in [2.75, 3.05) is 0 Å². The number of hydrogen-bond donors (Lipinski definition) is 0. The van der Waals surface area contributed by atoms with E-state index in [1.807, 2.05) is 0 Å². The van der Waals surface area contributed by atoms with E-state index in [0.717, 1.165) is 0 Å². The summed E-state index contributed by atoms with van der Waals surface area (Å²) in [5.41, 5.74) is 1.47. The Kier molecular flexibility index (Phi) is 2.62. The molecule has 0 aromatic rings. The molecule has 0 heterocycles. The first-order valence-electron chi connectivity index (χ1n) is 2.22. The molecule has 1 rings (SSSR count). The summed E-state index contributed by atoms with van der Waals surface area (Å²) in [5.74, 6) is 0. The van der Waals surface area contributed by atoms with Crippen LogP contribution in [-0.2, 0) is 0 Å². The summed E-state index contributed by atoms with van der Waals surface area (Å²) in [5, 5.41) is 0. The van der Waals surface area contributed by atoms with Gasteiger partial charge in [0.2, 0.25) is 0 Å². The summed E-state index contributed by atoms with van der Waals surface area (Å²) in [6, 6.07) is 0. The van der Waals surface area contributed by atoms with E-state index < -0.39 is 0 Å². The number of allylic oxidation sites excluding steroid dienone is 4. The molecule has 0 radical (unpaired) electrons. The van der Waals surface area contributed by atoms with E-state index in [1.165, 1.54) is 12.0 Å². The summed E-state index contributed by atoms with van der Waals surface area (Å²) in [7, 11) is 0. The number of hydrogen-bond acceptors (Lipinski definition) is 0. The fraction of sp³-hybridized carbons (Fsp3) is 0.333. The SMILES string of the molecule is CC1=CC=CC1.[BeH2]. The van der Waals surface area contributed by atoms with E-state index in [2.05, 4.69) is 25.2 Å². The predicted octanol–water partition coefficient (Wildman–Crippen LogP) is 0.976. The van der Waals surface area contributed by atoms with E-state index in [-0.39, 0.29) is 10.1 Å². The molecule has 0 saturated carbocycles. The average Bonchev–Trinajstić information content (AvgIpc) is 1.86. The molecular weight excluding hydrogens is 81.1 g/mol. The first kappa shape index (κ1) is 6.65. The minimum absolute atomic E-state index is 0. The van der Waals surface area contributed by atoms with Crippen LogP contribution in [0.15, 0.2) is 23.8 Å². The van der Waals surface area contributed by atoms with Crippen molar-refractivity contribution in [1.82, 2.24) is 0 Å². The van der Waals surface area contributed by atoms with Crippen LogP contribution in [0.5, 0.6) is 0 Å². The molecule has 0 bridgehead atoms. The third-order valence-corrected chi connectivity index (χ3v) is 0.957. The fourth-order valence-electron chi connectivity index (χ4n) is 0.554. The maximum absolute atomic E-state index is 2.16. The zero-order chi connectivity index (χ0) is 4.41. The van der Waals surface area contributed by atoms with Gasteiger partial charge in [0, 0.05) is 0 Å². The van der Waals surface area contributed by atoms with Crippen LogP contribution in [0, 0.1) is 0 Å². The van der Waals surface area contributed by atoms with Crippen molar-refractivity contribution in [2.24, 2.45) is 0 Å². The maximum atomic E-state index is 2.16. The summed E-state index contributed by atoms with van der Waals surface area (Å²) >= 11 is 0. The van der Waals surface area contributed by atoms with Crippen molar-refractivity contribution >= 4 is 10.1 Å². The van der Waals surface area contributed by atoms with Crippen molar-refractivity contribution in [3.05, 3.63) is 23.8 Å². The van der Waals surface area contributed by atoms with Gasteiger partial charge in [0.15, 0.2) is 0 Å². The summed E-state index contributed by atoms with van der Waals surface area (Å²) in [6.07, 6.45) is 7.56. The molecule has 0 N–H and O–H groups in total. The molecule has 0 aromatic heterocycles. The van der Waals surface area contributed by atoms with Crippen LogP contribution in [0.2, 0.25) is 0 Å². The molecule has 1 aliphatic rings. The van der Waals surface area contributed by atoms with Crippen molar-refractivity contribution in [3.63, 3.8) is 0 Å². The van der Waals surface area contributed by atoms with Crippen molar-refractivity contribution in [3.8, 4) is 0 Å². The second-order valence-electron chi connectivity index (χ2n) is 1.65. The number of rotatable bonds is 0. The molecule has 0 nitrogen and oxygen atoms in total. The Morgan fingerprint density at radius 3 is 2.43 bits per heavy atom. The van der Waals surface area contributed by atoms with E-state index in [9.17, 15) is 0 Å². The molecule has 1 aliphatic carbocycles. The van der Waals surface area contributed by atoms with E-state index in [0.29, 0.717) is 0 Å². The van der Waals surface area contributed by atoms with Crippen LogP contribution >= 0.6 is 0 Å². The summed E-state index contributed by atoms with van der Waals surface area (Å²) < 4.78 is 0. The van der Waals surface area contributed by atoms with Gasteiger partial charge in [-0.1, -0.05) is 23.8 Å². The Morgan fingerprint density at radius 2 is 2.29 bits per heavy atom. The van der Waals surface area contributed by atoms with E-state index in [1.54, 1.807) is 0 Å². The van der Waals surface area contributed by atoms with Crippen LogP contribution in [0.25, 0.3) is 0 Å². The normalized spacial score (nSPS) is 15.9. The molecule has 0 aliphatic heterocycles. The Bertz CT molecular complexity index is 101. The molecule has 1 heteroatoms. The predicted molar refractivity (Wildman–Crippen MR) is 36.1 cm³/mol. The molecule has 0 saturated heterocycles. The Morgan fingerprint density at radius 1 is 1.57 bits per heavy atom. The van der Waals surface area contributed by atoms with E-state index in [4.69, 9.17) is 0 Å². The molecular formula is C6H10Be. The zero-order valence-electron chi connectivity index (χ0n) is 3.94. The van der Waals surface area contributed by atoms with Crippen molar-refractivity contribution < 1.29 is 0 Å². The molecule has 0 spiro atoms. The molecule has 7 heavy (non-hydrogen) atoms. The quantitative estimate of drug-likeness (QED) is 0.390. The van der Waals surface area contributed by atoms with Crippen LogP contribution in [0.1, 0.15) is 13.3 Å². The average molecular weight is 91.2 g/mol. The monoisotopic (exact) mass is 91.1 g/mol. The summed E-state index contributed by atoms with van der Waals surface area (Å²) in [6.45, 7) is 2.14. The van der Waals surface area contributed by atoms with Crippen LogP contribution in [0.4, 0.5) is 0 Å². The first-order chi connectivity index (χ1) is 2.89. The van der Waals surface area contributed by atoms with Gasteiger partial charge >= 0.3 is 10.1 Å². The third kappa shape index (κ3) is 1.70. The van der Waals surface area contributed by atoms with Gasteiger partial charge in [0.25, 0.3) is 0 Å². The zero-order valence-corrected chi connectivity index (χ0v) is 3.94. The van der Waals surface area contributed by atoms with Crippen LogP contribution < -0.4 is 0 Å². The van der Waals surface area contributed by atoms with Crippen LogP contribution in [0.3, 0.4) is 0 Å².